The van der Waals surface area contributed by atoms with Gasteiger partial charge in [0.05, 0.1) is 12.0 Å². The molecule has 0 spiro atoms. The molecular weight excluding hydrogens is 266 g/mol. The van der Waals surface area contributed by atoms with Crippen molar-refractivity contribution in [3.63, 3.8) is 0 Å². The molecular formula is C15H21N5O. The van der Waals surface area contributed by atoms with E-state index in [0.29, 0.717) is 12.5 Å². The number of piperidine rings is 1. The molecule has 2 aromatic heterocycles. The summed E-state index contributed by atoms with van der Waals surface area (Å²) in [5.41, 5.74) is 1.04. The molecule has 1 aliphatic heterocycles. The largest absolute Gasteiger partial charge is 0.340 e. The molecule has 112 valence electrons. The Morgan fingerprint density at radius 3 is 3.00 bits per heavy atom. The van der Waals surface area contributed by atoms with Crippen molar-refractivity contribution in [2.24, 2.45) is 7.05 Å². The van der Waals surface area contributed by atoms with Gasteiger partial charge < -0.3 is 14.0 Å². The molecule has 2 aromatic rings. The number of likely N-dealkylation sites (tertiary alicyclic amines) is 1. The van der Waals surface area contributed by atoms with Crippen molar-refractivity contribution in [3.8, 4) is 0 Å². The maximum Gasteiger partial charge on any atom is 0.242 e. The van der Waals surface area contributed by atoms with Gasteiger partial charge in [-0.25, -0.2) is 9.97 Å². The first-order valence-corrected chi connectivity index (χ1v) is 7.37. The number of carbonyl (C=O) groups is 1. The van der Waals surface area contributed by atoms with Gasteiger partial charge in [0, 0.05) is 44.6 Å². The van der Waals surface area contributed by atoms with Crippen LogP contribution in [0.4, 0.5) is 0 Å². The zero-order valence-electron chi connectivity index (χ0n) is 12.6. The van der Waals surface area contributed by atoms with E-state index in [4.69, 9.17) is 0 Å². The summed E-state index contributed by atoms with van der Waals surface area (Å²) in [6.45, 7) is 3.98. The van der Waals surface area contributed by atoms with Gasteiger partial charge in [0.15, 0.2) is 0 Å². The van der Waals surface area contributed by atoms with Crippen molar-refractivity contribution in [1.29, 1.82) is 0 Å². The molecule has 0 aromatic carbocycles. The molecule has 21 heavy (non-hydrogen) atoms. The van der Waals surface area contributed by atoms with Gasteiger partial charge in [-0.2, -0.15) is 0 Å². The number of nitrogens with zero attached hydrogens (tertiary/aromatic N) is 5. The normalized spacial score (nSPS) is 19.0. The Balaban J connectivity index is 1.68. The van der Waals surface area contributed by atoms with Crippen molar-refractivity contribution in [2.45, 2.75) is 32.2 Å². The highest BCUT2D eigenvalue weighted by atomic mass is 16.2. The summed E-state index contributed by atoms with van der Waals surface area (Å²) in [4.78, 5) is 22.9. The van der Waals surface area contributed by atoms with Crippen LogP contribution in [0.5, 0.6) is 0 Å². The Bertz CT molecular complexity index is 616. The van der Waals surface area contributed by atoms with Crippen LogP contribution < -0.4 is 0 Å². The van der Waals surface area contributed by atoms with E-state index in [0.717, 1.165) is 37.4 Å². The Morgan fingerprint density at radius 2 is 2.33 bits per heavy atom. The molecule has 6 nitrogen and oxygen atoms in total. The van der Waals surface area contributed by atoms with E-state index in [-0.39, 0.29) is 5.91 Å². The average Bonchev–Trinajstić information content (AvgIpc) is 3.08. The average molecular weight is 287 g/mol. The Kier molecular flexibility index (Phi) is 3.77. The van der Waals surface area contributed by atoms with E-state index in [1.165, 1.54) is 0 Å². The van der Waals surface area contributed by atoms with E-state index in [1.54, 1.807) is 12.5 Å². The zero-order chi connectivity index (χ0) is 14.8. The van der Waals surface area contributed by atoms with E-state index in [2.05, 4.69) is 14.5 Å². The molecule has 0 unspecified atom stereocenters. The molecule has 6 heteroatoms. The summed E-state index contributed by atoms with van der Waals surface area (Å²) in [7, 11) is 2.03. The molecule has 1 aliphatic rings. The lowest BCUT2D eigenvalue weighted by Gasteiger charge is -2.32. The molecule has 1 amide bonds. The first kappa shape index (κ1) is 13.9. The van der Waals surface area contributed by atoms with Crippen LogP contribution in [0.3, 0.4) is 0 Å². The number of aryl methyl sites for hydroxylation is 2. The van der Waals surface area contributed by atoms with Crippen LogP contribution in [0.25, 0.3) is 0 Å². The highest BCUT2D eigenvalue weighted by Crippen LogP contribution is 2.26. The van der Waals surface area contributed by atoms with Crippen molar-refractivity contribution in [2.75, 3.05) is 13.1 Å². The molecule has 1 atom stereocenters. The number of aromatic nitrogens is 4. The van der Waals surface area contributed by atoms with Gasteiger partial charge in [0.1, 0.15) is 12.4 Å². The summed E-state index contributed by atoms with van der Waals surface area (Å²) in [5.74, 6) is 1.58. The second-order valence-electron chi connectivity index (χ2n) is 5.77. The number of hydrogen-bond acceptors (Lipinski definition) is 3. The van der Waals surface area contributed by atoms with Gasteiger partial charge >= 0.3 is 0 Å². The Hall–Kier alpha value is -2.11. The van der Waals surface area contributed by atoms with E-state index in [1.807, 2.05) is 35.8 Å². The number of carbonyl (C=O) groups excluding carboxylic acids is 1. The Morgan fingerprint density at radius 1 is 1.48 bits per heavy atom. The third-order valence-electron chi connectivity index (χ3n) is 4.05. The van der Waals surface area contributed by atoms with Gasteiger partial charge in [-0.3, -0.25) is 4.79 Å². The minimum Gasteiger partial charge on any atom is -0.340 e. The second kappa shape index (κ2) is 5.71. The van der Waals surface area contributed by atoms with Crippen molar-refractivity contribution >= 4 is 5.91 Å². The lowest BCUT2D eigenvalue weighted by Crippen LogP contribution is -2.41. The first-order valence-electron chi connectivity index (χ1n) is 7.37. The van der Waals surface area contributed by atoms with Crippen LogP contribution in [0.15, 0.2) is 24.9 Å². The maximum atomic E-state index is 12.4. The van der Waals surface area contributed by atoms with Crippen LogP contribution in [-0.2, 0) is 18.4 Å². The third kappa shape index (κ3) is 2.99. The molecule has 3 heterocycles. The van der Waals surface area contributed by atoms with Gasteiger partial charge in [-0.05, 0) is 19.8 Å². The van der Waals surface area contributed by atoms with E-state index >= 15 is 0 Å². The van der Waals surface area contributed by atoms with Crippen molar-refractivity contribution in [3.05, 3.63) is 36.4 Å². The smallest absolute Gasteiger partial charge is 0.242 e. The fourth-order valence-corrected chi connectivity index (χ4v) is 3.06. The summed E-state index contributed by atoms with van der Waals surface area (Å²) in [5, 5.41) is 0. The predicted octanol–water partition coefficient (Wildman–Crippen LogP) is 1.33. The standard InChI is InChI=1S/C15H21N5O/c1-12-8-18(2)15(17-12)13-4-3-6-20(9-13)14(21)10-19-7-5-16-11-19/h5,7-8,11,13H,3-4,6,9-10H2,1-2H3/t13-/m1/s1. The number of hydrogen-bond donors (Lipinski definition) is 0. The zero-order valence-corrected chi connectivity index (χ0v) is 12.6. The number of amides is 1. The summed E-state index contributed by atoms with van der Waals surface area (Å²) in [6, 6.07) is 0. The van der Waals surface area contributed by atoms with Crippen molar-refractivity contribution < 1.29 is 4.79 Å². The quantitative estimate of drug-likeness (QED) is 0.856. The third-order valence-corrected chi connectivity index (χ3v) is 4.05. The topological polar surface area (TPSA) is 56.0 Å². The van der Waals surface area contributed by atoms with Gasteiger partial charge in [-0.1, -0.05) is 0 Å². The summed E-state index contributed by atoms with van der Waals surface area (Å²) >= 11 is 0. The monoisotopic (exact) mass is 287 g/mol. The predicted molar refractivity (Wildman–Crippen MR) is 78.7 cm³/mol. The lowest BCUT2D eigenvalue weighted by atomic mass is 9.97. The highest BCUT2D eigenvalue weighted by Gasteiger charge is 2.27. The van der Waals surface area contributed by atoms with Gasteiger partial charge in [0.25, 0.3) is 0 Å². The Labute approximate surface area is 124 Å². The molecule has 3 rings (SSSR count). The van der Waals surface area contributed by atoms with Gasteiger partial charge in [0.2, 0.25) is 5.91 Å². The van der Waals surface area contributed by atoms with Crippen LogP contribution in [-0.4, -0.2) is 43.0 Å². The second-order valence-corrected chi connectivity index (χ2v) is 5.77. The fourth-order valence-electron chi connectivity index (χ4n) is 3.06. The molecule has 0 bridgehead atoms. The van der Waals surface area contributed by atoms with Crippen LogP contribution in [0.1, 0.15) is 30.3 Å². The van der Waals surface area contributed by atoms with Crippen LogP contribution in [0.2, 0.25) is 0 Å². The van der Waals surface area contributed by atoms with Crippen molar-refractivity contribution in [1.82, 2.24) is 24.0 Å². The minimum absolute atomic E-state index is 0.156. The first-order chi connectivity index (χ1) is 10.1. The fraction of sp³-hybridized carbons (Fsp3) is 0.533. The number of rotatable bonds is 3. The van der Waals surface area contributed by atoms with Crippen LogP contribution >= 0.6 is 0 Å². The molecule has 0 saturated carbocycles. The molecule has 1 fully saturated rings. The van der Waals surface area contributed by atoms with E-state index < -0.39 is 0 Å². The maximum absolute atomic E-state index is 12.4. The molecule has 0 radical (unpaired) electrons. The minimum atomic E-state index is 0.156. The molecule has 1 saturated heterocycles. The number of imidazole rings is 2. The van der Waals surface area contributed by atoms with E-state index in [9.17, 15) is 4.79 Å². The SMILES string of the molecule is Cc1cn(C)c([C@@H]2CCCN(C(=O)Cn3ccnc3)C2)n1. The summed E-state index contributed by atoms with van der Waals surface area (Å²) < 4.78 is 3.90. The van der Waals surface area contributed by atoms with Gasteiger partial charge in [-0.15, -0.1) is 0 Å². The molecule has 0 aliphatic carbocycles. The summed E-state index contributed by atoms with van der Waals surface area (Å²) in [6.07, 6.45) is 9.37. The highest BCUT2D eigenvalue weighted by molar-refractivity contribution is 5.76. The lowest BCUT2D eigenvalue weighted by molar-refractivity contribution is -0.133. The van der Waals surface area contributed by atoms with Crippen LogP contribution in [0, 0.1) is 6.92 Å². The molecule has 0 N–H and O–H groups in total.